The summed E-state index contributed by atoms with van der Waals surface area (Å²) in [4.78, 5) is 13.8. The van der Waals surface area contributed by atoms with Gasteiger partial charge in [0, 0.05) is 25.9 Å². The van der Waals surface area contributed by atoms with E-state index in [0.717, 1.165) is 22.8 Å². The Labute approximate surface area is 142 Å². The molecule has 0 N–H and O–H groups in total. The maximum Gasteiger partial charge on any atom is 0.417 e. The molecule has 1 heterocycles. The molecule has 3 nitrogen and oxygen atoms in total. The maximum atomic E-state index is 12.7. The second kappa shape index (κ2) is 6.73. The minimum atomic E-state index is -4.50. The highest BCUT2D eigenvalue weighted by Crippen LogP contribution is 2.42. The van der Waals surface area contributed by atoms with Gasteiger partial charge >= 0.3 is 6.18 Å². The fraction of sp³-hybridized carbons (Fsp3) is 0.143. The number of alkyl halides is 3. The molecular formula is C14H5Cl2F3N2OS. The van der Waals surface area contributed by atoms with E-state index in [1.165, 1.54) is 18.2 Å². The van der Waals surface area contributed by atoms with Gasteiger partial charge in [0.2, 0.25) is 6.08 Å². The van der Waals surface area contributed by atoms with Crippen LogP contribution in [-0.2, 0) is 11.0 Å². The Balaban J connectivity index is 2.53. The molecule has 23 heavy (non-hydrogen) atoms. The first kappa shape index (κ1) is 17.5. The zero-order valence-electron chi connectivity index (χ0n) is 11.0. The lowest BCUT2D eigenvalue weighted by molar-refractivity contribution is -0.137. The number of hydrogen-bond acceptors (Lipinski definition) is 4. The first-order chi connectivity index (χ1) is 10.8. The van der Waals surface area contributed by atoms with Crippen LogP contribution in [0.2, 0.25) is 10.0 Å². The van der Waals surface area contributed by atoms with E-state index in [4.69, 9.17) is 23.2 Å². The van der Waals surface area contributed by atoms with Crippen molar-refractivity contribution >= 4 is 46.3 Å². The molecule has 0 radical (unpaired) electrons. The summed E-state index contributed by atoms with van der Waals surface area (Å²) in [6.45, 7) is 0. The normalized spacial score (nSPS) is 12.3. The topological polar surface area (TPSA) is 53.2 Å². The van der Waals surface area contributed by atoms with Crippen LogP contribution in [0.1, 0.15) is 21.9 Å². The van der Waals surface area contributed by atoms with Gasteiger partial charge in [0.1, 0.15) is 5.92 Å². The molecule has 0 spiro atoms. The van der Waals surface area contributed by atoms with E-state index in [1.54, 1.807) is 0 Å². The molecule has 0 aliphatic carbocycles. The van der Waals surface area contributed by atoms with Gasteiger partial charge in [-0.2, -0.15) is 23.4 Å². The number of nitrogens with zero attached hydrogens (tertiary/aromatic N) is 2. The Morgan fingerprint density at radius 1 is 1.22 bits per heavy atom. The van der Waals surface area contributed by atoms with Crippen LogP contribution in [0.25, 0.3) is 0 Å². The van der Waals surface area contributed by atoms with Crippen LogP contribution < -0.4 is 0 Å². The molecule has 0 bridgehead atoms. The standard InChI is InChI=1S/C14H5Cl2F3N2OS/c15-10-2-8(21-6-22)3-11(16)13(10)9(4-20)12-1-7(5-23-12)14(17,18)19/h1-3,5,9H. The van der Waals surface area contributed by atoms with Crippen molar-refractivity contribution in [1.29, 1.82) is 5.26 Å². The van der Waals surface area contributed by atoms with E-state index in [1.807, 2.05) is 6.07 Å². The number of benzene rings is 1. The Bertz CT molecular complexity index is 812. The van der Waals surface area contributed by atoms with Gasteiger partial charge in [-0.1, -0.05) is 23.2 Å². The number of nitriles is 1. The third kappa shape index (κ3) is 3.74. The van der Waals surface area contributed by atoms with Crippen LogP contribution in [0.15, 0.2) is 28.6 Å². The van der Waals surface area contributed by atoms with Crippen molar-refractivity contribution < 1.29 is 18.0 Å². The van der Waals surface area contributed by atoms with E-state index < -0.39 is 17.7 Å². The lowest BCUT2D eigenvalue weighted by atomic mass is 9.98. The smallest absolute Gasteiger partial charge is 0.211 e. The van der Waals surface area contributed by atoms with Crippen molar-refractivity contribution in [3.05, 3.63) is 49.6 Å². The molecule has 0 aliphatic heterocycles. The molecule has 0 saturated heterocycles. The van der Waals surface area contributed by atoms with Gasteiger partial charge in [-0.25, -0.2) is 4.79 Å². The van der Waals surface area contributed by atoms with Gasteiger partial charge in [-0.3, -0.25) is 0 Å². The van der Waals surface area contributed by atoms with Crippen LogP contribution >= 0.6 is 34.5 Å². The van der Waals surface area contributed by atoms with Crippen molar-refractivity contribution in [3.8, 4) is 6.07 Å². The molecule has 1 aromatic heterocycles. The first-order valence-corrected chi connectivity index (χ1v) is 7.53. The van der Waals surface area contributed by atoms with Gasteiger partial charge in [0.15, 0.2) is 0 Å². The quantitative estimate of drug-likeness (QED) is 0.509. The minimum Gasteiger partial charge on any atom is -0.211 e. The van der Waals surface area contributed by atoms with Crippen molar-refractivity contribution in [2.75, 3.05) is 0 Å². The van der Waals surface area contributed by atoms with Crippen molar-refractivity contribution in [2.45, 2.75) is 12.1 Å². The lowest BCUT2D eigenvalue weighted by Gasteiger charge is -2.12. The highest BCUT2D eigenvalue weighted by molar-refractivity contribution is 7.10. The zero-order valence-corrected chi connectivity index (χ0v) is 13.3. The highest BCUT2D eigenvalue weighted by atomic mass is 35.5. The van der Waals surface area contributed by atoms with Crippen LogP contribution in [-0.4, -0.2) is 6.08 Å². The molecular weight excluding hydrogens is 372 g/mol. The number of isocyanates is 1. The number of halogens is 5. The van der Waals surface area contributed by atoms with E-state index >= 15 is 0 Å². The van der Waals surface area contributed by atoms with Crippen LogP contribution in [0.4, 0.5) is 18.9 Å². The summed E-state index contributed by atoms with van der Waals surface area (Å²) < 4.78 is 38.1. The Kier molecular flexibility index (Phi) is 5.12. The van der Waals surface area contributed by atoms with Crippen molar-refractivity contribution in [3.63, 3.8) is 0 Å². The summed E-state index contributed by atoms with van der Waals surface area (Å²) >= 11 is 12.9. The van der Waals surface area contributed by atoms with E-state index in [2.05, 4.69) is 4.99 Å². The van der Waals surface area contributed by atoms with Gasteiger partial charge < -0.3 is 0 Å². The average Bonchev–Trinajstić information content (AvgIpc) is 2.92. The second-order valence-electron chi connectivity index (χ2n) is 4.32. The molecule has 2 aromatic rings. The first-order valence-electron chi connectivity index (χ1n) is 5.90. The molecule has 2 rings (SSSR count). The van der Waals surface area contributed by atoms with Crippen molar-refractivity contribution in [2.24, 2.45) is 4.99 Å². The number of aliphatic imine (C=N–C) groups is 1. The van der Waals surface area contributed by atoms with Gasteiger partial charge in [0.25, 0.3) is 0 Å². The third-order valence-corrected chi connectivity index (χ3v) is 4.51. The highest BCUT2D eigenvalue weighted by Gasteiger charge is 2.33. The minimum absolute atomic E-state index is 0.0278. The predicted octanol–water partition coefficient (Wildman–Crippen LogP) is 5.70. The lowest BCUT2D eigenvalue weighted by Crippen LogP contribution is -2.03. The molecule has 9 heteroatoms. The molecule has 1 unspecified atom stereocenters. The summed E-state index contributed by atoms with van der Waals surface area (Å²) in [5.74, 6) is -1.06. The van der Waals surface area contributed by atoms with E-state index in [9.17, 15) is 23.2 Å². The Hall–Kier alpha value is -1.84. The van der Waals surface area contributed by atoms with Gasteiger partial charge in [0.05, 0.1) is 17.3 Å². The summed E-state index contributed by atoms with van der Waals surface area (Å²) in [6.07, 6.45) is -3.17. The van der Waals surface area contributed by atoms with Crippen LogP contribution in [0.3, 0.4) is 0 Å². The molecule has 0 saturated carbocycles. The number of hydrogen-bond donors (Lipinski definition) is 0. The third-order valence-electron chi connectivity index (χ3n) is 2.89. The molecule has 0 amide bonds. The largest absolute Gasteiger partial charge is 0.417 e. The Morgan fingerprint density at radius 3 is 2.26 bits per heavy atom. The summed E-state index contributed by atoms with van der Waals surface area (Å²) in [7, 11) is 0. The summed E-state index contributed by atoms with van der Waals surface area (Å²) in [5, 5.41) is 10.3. The predicted molar refractivity (Wildman–Crippen MR) is 81.0 cm³/mol. The molecule has 1 aromatic carbocycles. The fourth-order valence-corrected chi connectivity index (χ4v) is 3.55. The van der Waals surface area contributed by atoms with Gasteiger partial charge in [-0.05, 0) is 18.2 Å². The fourth-order valence-electron chi connectivity index (χ4n) is 1.89. The maximum absolute atomic E-state index is 12.7. The number of carbonyl (C=O) groups excluding carboxylic acids is 1. The molecule has 0 fully saturated rings. The second-order valence-corrected chi connectivity index (χ2v) is 6.08. The van der Waals surface area contributed by atoms with Crippen LogP contribution in [0.5, 0.6) is 0 Å². The van der Waals surface area contributed by atoms with Crippen molar-refractivity contribution in [1.82, 2.24) is 0 Å². The summed E-state index contributed by atoms with van der Waals surface area (Å²) in [6, 6.07) is 5.37. The van der Waals surface area contributed by atoms with Gasteiger partial charge in [-0.15, -0.1) is 11.3 Å². The zero-order chi connectivity index (χ0) is 17.2. The number of rotatable bonds is 3. The summed E-state index contributed by atoms with van der Waals surface area (Å²) in [5.41, 5.74) is -0.541. The Morgan fingerprint density at radius 2 is 1.83 bits per heavy atom. The number of thiophene rings is 1. The van der Waals surface area contributed by atoms with E-state index in [-0.39, 0.29) is 26.2 Å². The van der Waals surface area contributed by atoms with E-state index in [0.29, 0.717) is 0 Å². The molecule has 118 valence electrons. The SMILES string of the molecule is N#CC(c1cc(C(F)(F)F)cs1)c1c(Cl)cc(N=C=O)cc1Cl. The average molecular weight is 377 g/mol. The monoisotopic (exact) mass is 376 g/mol. The molecule has 1 atom stereocenters. The molecule has 0 aliphatic rings. The van der Waals surface area contributed by atoms with Crippen LogP contribution in [0, 0.1) is 11.3 Å².